The third kappa shape index (κ3) is 2.31. The number of hydrogen-bond acceptors (Lipinski definition) is 3. The van der Waals surface area contributed by atoms with E-state index < -0.39 is 5.97 Å². The van der Waals surface area contributed by atoms with Gasteiger partial charge >= 0.3 is 5.97 Å². The standard InChI is InChI=1S/C16H20N2O3/c1-9(2)13(8-19)18-14-11(16(20)21)4-3-5-12(14)17-15(18)10-6-7-10/h3-5,9-10,13,19H,6-8H2,1-2H3,(H,20,21)/t13-/m0/s1. The number of aromatic nitrogens is 2. The van der Waals surface area contributed by atoms with Crippen LogP contribution in [0.25, 0.3) is 11.0 Å². The van der Waals surface area contributed by atoms with Crippen LogP contribution in [-0.2, 0) is 0 Å². The molecule has 0 amide bonds. The summed E-state index contributed by atoms with van der Waals surface area (Å²) < 4.78 is 1.97. The van der Waals surface area contributed by atoms with Gasteiger partial charge in [-0.3, -0.25) is 0 Å². The SMILES string of the molecule is CC(C)[C@H](CO)n1c(C2CC2)nc2cccc(C(=O)O)c21. The number of rotatable bonds is 5. The normalized spacial score (nSPS) is 16.6. The lowest BCUT2D eigenvalue weighted by Gasteiger charge is -2.23. The molecule has 2 aromatic rings. The monoisotopic (exact) mass is 288 g/mol. The Kier molecular flexibility index (Phi) is 3.45. The van der Waals surface area contributed by atoms with Crippen molar-refractivity contribution in [2.45, 2.75) is 38.6 Å². The van der Waals surface area contributed by atoms with Gasteiger partial charge in [-0.05, 0) is 30.9 Å². The van der Waals surface area contributed by atoms with Gasteiger partial charge in [0.15, 0.2) is 0 Å². The minimum Gasteiger partial charge on any atom is -0.478 e. The molecule has 0 saturated heterocycles. The fourth-order valence-electron chi connectivity index (χ4n) is 2.89. The van der Waals surface area contributed by atoms with Crippen molar-refractivity contribution in [1.29, 1.82) is 0 Å². The highest BCUT2D eigenvalue weighted by Gasteiger charge is 2.33. The number of para-hydroxylation sites is 1. The van der Waals surface area contributed by atoms with Crippen LogP contribution in [0.3, 0.4) is 0 Å². The van der Waals surface area contributed by atoms with Gasteiger partial charge in [-0.2, -0.15) is 0 Å². The van der Waals surface area contributed by atoms with Gasteiger partial charge in [0.2, 0.25) is 0 Å². The Morgan fingerprint density at radius 1 is 1.43 bits per heavy atom. The first-order valence-corrected chi connectivity index (χ1v) is 7.39. The molecule has 2 N–H and O–H groups in total. The number of aliphatic hydroxyl groups is 1. The summed E-state index contributed by atoms with van der Waals surface area (Å²) >= 11 is 0. The fraction of sp³-hybridized carbons (Fsp3) is 0.500. The van der Waals surface area contributed by atoms with Gasteiger partial charge in [-0.1, -0.05) is 19.9 Å². The summed E-state index contributed by atoms with van der Waals surface area (Å²) in [5.41, 5.74) is 1.60. The fourth-order valence-corrected chi connectivity index (χ4v) is 2.89. The highest BCUT2D eigenvalue weighted by molar-refractivity contribution is 6.01. The summed E-state index contributed by atoms with van der Waals surface area (Å²) in [7, 11) is 0. The maximum absolute atomic E-state index is 11.5. The third-order valence-corrected chi connectivity index (χ3v) is 4.20. The Hall–Kier alpha value is -1.88. The van der Waals surface area contributed by atoms with E-state index in [0.717, 1.165) is 18.7 Å². The van der Waals surface area contributed by atoms with Crippen molar-refractivity contribution in [3.05, 3.63) is 29.6 Å². The van der Waals surface area contributed by atoms with Gasteiger partial charge in [0.25, 0.3) is 0 Å². The van der Waals surface area contributed by atoms with Crippen LogP contribution in [-0.4, -0.2) is 32.3 Å². The number of imidazole rings is 1. The Morgan fingerprint density at radius 3 is 2.67 bits per heavy atom. The predicted molar refractivity (Wildman–Crippen MR) is 79.6 cm³/mol. The van der Waals surface area contributed by atoms with E-state index in [-0.39, 0.29) is 24.1 Å². The average molecular weight is 288 g/mol. The lowest BCUT2D eigenvalue weighted by Crippen LogP contribution is -2.22. The topological polar surface area (TPSA) is 75.3 Å². The highest BCUT2D eigenvalue weighted by Crippen LogP contribution is 2.43. The summed E-state index contributed by atoms with van der Waals surface area (Å²) in [6.07, 6.45) is 2.17. The molecule has 1 aliphatic carbocycles. The van der Waals surface area contributed by atoms with Crippen LogP contribution in [0.5, 0.6) is 0 Å². The second-order valence-electron chi connectivity index (χ2n) is 6.09. The van der Waals surface area contributed by atoms with Crippen LogP contribution in [0.2, 0.25) is 0 Å². The van der Waals surface area contributed by atoms with Gasteiger partial charge in [-0.25, -0.2) is 9.78 Å². The average Bonchev–Trinajstić information content (AvgIpc) is 3.21. The van der Waals surface area contributed by atoms with Gasteiger partial charge in [-0.15, -0.1) is 0 Å². The van der Waals surface area contributed by atoms with E-state index >= 15 is 0 Å². The zero-order valence-corrected chi connectivity index (χ0v) is 12.3. The molecule has 1 aliphatic rings. The van der Waals surface area contributed by atoms with Crippen LogP contribution in [0, 0.1) is 5.92 Å². The van der Waals surface area contributed by atoms with Crippen LogP contribution >= 0.6 is 0 Å². The molecule has 1 saturated carbocycles. The maximum atomic E-state index is 11.5. The first-order valence-electron chi connectivity index (χ1n) is 7.39. The van der Waals surface area contributed by atoms with Gasteiger partial charge < -0.3 is 14.8 Å². The van der Waals surface area contributed by atoms with E-state index in [0.29, 0.717) is 17.0 Å². The molecular weight excluding hydrogens is 268 g/mol. The molecule has 3 rings (SSSR count). The number of aromatic carboxylic acids is 1. The summed E-state index contributed by atoms with van der Waals surface area (Å²) in [6.45, 7) is 4.05. The molecule has 112 valence electrons. The second-order valence-corrected chi connectivity index (χ2v) is 6.09. The van der Waals surface area contributed by atoms with Crippen molar-refractivity contribution in [3.63, 3.8) is 0 Å². The first-order chi connectivity index (χ1) is 10.0. The molecule has 0 radical (unpaired) electrons. The van der Waals surface area contributed by atoms with Crippen LogP contribution in [0.15, 0.2) is 18.2 Å². The maximum Gasteiger partial charge on any atom is 0.337 e. The number of carbonyl (C=O) groups is 1. The molecule has 1 fully saturated rings. The van der Waals surface area contributed by atoms with Gasteiger partial charge in [0.1, 0.15) is 5.82 Å². The molecule has 1 heterocycles. The van der Waals surface area contributed by atoms with Crippen molar-refractivity contribution in [2.75, 3.05) is 6.61 Å². The second kappa shape index (κ2) is 5.15. The van der Waals surface area contributed by atoms with Crippen LogP contribution in [0.4, 0.5) is 0 Å². The van der Waals surface area contributed by atoms with Crippen molar-refractivity contribution >= 4 is 17.0 Å². The van der Waals surface area contributed by atoms with Crippen molar-refractivity contribution in [3.8, 4) is 0 Å². The minimum absolute atomic E-state index is 0.0171. The van der Waals surface area contributed by atoms with E-state index in [2.05, 4.69) is 4.98 Å². The first kappa shape index (κ1) is 14.1. The number of benzene rings is 1. The Morgan fingerprint density at radius 2 is 2.14 bits per heavy atom. The highest BCUT2D eigenvalue weighted by atomic mass is 16.4. The summed E-state index contributed by atoms with van der Waals surface area (Å²) in [5, 5.41) is 19.2. The molecule has 5 heteroatoms. The Balaban J connectivity index is 2.31. The zero-order chi connectivity index (χ0) is 15.1. The molecule has 1 aromatic heterocycles. The summed E-state index contributed by atoms with van der Waals surface area (Å²) in [4.78, 5) is 16.2. The number of aliphatic hydroxyl groups excluding tert-OH is 1. The van der Waals surface area contributed by atoms with E-state index in [1.165, 1.54) is 0 Å². The van der Waals surface area contributed by atoms with Crippen molar-refractivity contribution in [1.82, 2.24) is 9.55 Å². The van der Waals surface area contributed by atoms with Crippen LogP contribution < -0.4 is 0 Å². The summed E-state index contributed by atoms with van der Waals surface area (Å²) in [6, 6.07) is 5.03. The minimum atomic E-state index is -0.954. The number of nitrogens with zero attached hydrogens (tertiary/aromatic N) is 2. The molecule has 5 nitrogen and oxygen atoms in total. The Bertz CT molecular complexity index is 686. The number of fused-ring (bicyclic) bond motifs is 1. The van der Waals surface area contributed by atoms with Crippen LogP contribution in [0.1, 0.15) is 54.8 Å². The third-order valence-electron chi connectivity index (χ3n) is 4.20. The number of carboxylic acid groups (broad SMARTS) is 1. The van der Waals surface area contributed by atoms with Gasteiger partial charge in [0.05, 0.1) is 29.2 Å². The van der Waals surface area contributed by atoms with E-state index in [1.54, 1.807) is 12.1 Å². The lowest BCUT2D eigenvalue weighted by molar-refractivity contribution is 0.0698. The molecular formula is C16H20N2O3. The molecule has 1 aromatic carbocycles. The largest absolute Gasteiger partial charge is 0.478 e. The molecule has 1 atom stereocenters. The van der Waals surface area contributed by atoms with E-state index in [4.69, 9.17) is 0 Å². The number of hydrogen-bond donors (Lipinski definition) is 2. The quantitative estimate of drug-likeness (QED) is 0.887. The Labute approximate surface area is 123 Å². The van der Waals surface area contributed by atoms with E-state index in [1.807, 2.05) is 24.5 Å². The predicted octanol–water partition coefficient (Wildman–Crippen LogP) is 2.80. The molecule has 0 bridgehead atoms. The summed E-state index contributed by atoms with van der Waals surface area (Å²) in [5.74, 6) is 0.564. The van der Waals surface area contributed by atoms with Crippen molar-refractivity contribution in [2.24, 2.45) is 5.92 Å². The molecule has 0 unspecified atom stereocenters. The number of carboxylic acids is 1. The van der Waals surface area contributed by atoms with E-state index in [9.17, 15) is 15.0 Å². The van der Waals surface area contributed by atoms with Gasteiger partial charge in [0, 0.05) is 5.92 Å². The lowest BCUT2D eigenvalue weighted by atomic mass is 10.0. The zero-order valence-electron chi connectivity index (χ0n) is 12.3. The molecule has 0 spiro atoms. The smallest absolute Gasteiger partial charge is 0.337 e. The van der Waals surface area contributed by atoms with Crippen molar-refractivity contribution < 1.29 is 15.0 Å². The molecule has 0 aliphatic heterocycles. The molecule has 21 heavy (non-hydrogen) atoms.